The highest BCUT2D eigenvalue weighted by atomic mass is 32.1. The third-order valence-corrected chi connectivity index (χ3v) is 6.79. The van der Waals surface area contributed by atoms with E-state index in [1.165, 1.54) is 0 Å². The van der Waals surface area contributed by atoms with E-state index in [1.54, 1.807) is 11.3 Å². The lowest BCUT2D eigenvalue weighted by atomic mass is 10.1. The molecule has 1 aliphatic heterocycles. The van der Waals surface area contributed by atoms with Gasteiger partial charge in [-0.25, -0.2) is 0 Å². The number of ether oxygens (including phenoxy) is 2. The van der Waals surface area contributed by atoms with Crippen molar-refractivity contribution in [1.29, 1.82) is 0 Å². The molecule has 1 atom stereocenters. The van der Waals surface area contributed by atoms with Crippen LogP contribution in [0.3, 0.4) is 0 Å². The van der Waals surface area contributed by atoms with Crippen molar-refractivity contribution < 1.29 is 14.3 Å². The molecule has 0 radical (unpaired) electrons. The topological polar surface area (TPSA) is 64.5 Å². The first-order valence-corrected chi connectivity index (χ1v) is 12.1. The van der Waals surface area contributed by atoms with E-state index in [4.69, 9.17) is 9.47 Å². The number of carbonyl (C=O) groups excluding carboxylic acids is 1. The molecule has 7 heteroatoms. The molecular weight excluding hydrogens is 434 g/mol. The molecule has 3 heterocycles. The zero-order chi connectivity index (χ0) is 22.6. The number of rotatable bonds is 7. The maximum absolute atomic E-state index is 12.9. The number of carbonyl (C=O) groups is 1. The second-order valence-electron chi connectivity index (χ2n) is 8.22. The number of fused-ring (bicyclic) bond motifs is 1. The first kappa shape index (κ1) is 21.6. The quantitative estimate of drug-likeness (QED) is 0.397. The Bertz CT molecular complexity index is 1240. The Hall–Kier alpha value is -3.29. The SMILES string of the molecule is Cn1c(C(=O)Nc2ccccc2COc2ccc(OC3CCCNC3)cc2)cc2sccc21. The molecule has 2 aromatic heterocycles. The van der Waals surface area contributed by atoms with Gasteiger partial charge in [-0.05, 0) is 67.2 Å². The number of thiophene rings is 1. The fourth-order valence-electron chi connectivity index (χ4n) is 4.11. The van der Waals surface area contributed by atoms with Crippen LogP contribution in [-0.4, -0.2) is 29.7 Å². The van der Waals surface area contributed by atoms with E-state index in [2.05, 4.69) is 10.6 Å². The van der Waals surface area contributed by atoms with E-state index >= 15 is 0 Å². The van der Waals surface area contributed by atoms with Crippen molar-refractivity contribution in [3.8, 4) is 11.5 Å². The number of piperidine rings is 1. The number of benzene rings is 2. The molecule has 0 bridgehead atoms. The van der Waals surface area contributed by atoms with Gasteiger partial charge in [0.15, 0.2) is 0 Å². The van der Waals surface area contributed by atoms with Gasteiger partial charge in [0, 0.05) is 24.8 Å². The van der Waals surface area contributed by atoms with Crippen LogP contribution >= 0.6 is 11.3 Å². The molecule has 33 heavy (non-hydrogen) atoms. The lowest BCUT2D eigenvalue weighted by Gasteiger charge is -2.24. The normalized spacial score (nSPS) is 16.0. The molecule has 170 valence electrons. The highest BCUT2D eigenvalue weighted by molar-refractivity contribution is 7.17. The number of amides is 1. The molecule has 0 aliphatic carbocycles. The predicted octanol–water partition coefficient (Wildman–Crippen LogP) is 5.20. The van der Waals surface area contributed by atoms with Crippen molar-refractivity contribution in [2.75, 3.05) is 18.4 Å². The molecule has 6 nitrogen and oxygen atoms in total. The lowest BCUT2D eigenvalue weighted by Crippen LogP contribution is -2.37. The molecule has 2 N–H and O–H groups in total. The average Bonchev–Trinajstić information content (AvgIpc) is 3.43. The molecule has 0 saturated carbocycles. The highest BCUT2D eigenvalue weighted by Crippen LogP contribution is 2.26. The summed E-state index contributed by atoms with van der Waals surface area (Å²) < 4.78 is 15.1. The summed E-state index contributed by atoms with van der Waals surface area (Å²) in [5, 5.41) is 8.44. The third-order valence-electron chi connectivity index (χ3n) is 5.93. The first-order valence-electron chi connectivity index (χ1n) is 11.2. The second kappa shape index (κ2) is 9.68. The molecule has 1 unspecified atom stereocenters. The number of anilines is 1. The Morgan fingerprint density at radius 1 is 1.15 bits per heavy atom. The van der Waals surface area contributed by atoms with E-state index in [9.17, 15) is 4.79 Å². The van der Waals surface area contributed by atoms with Gasteiger partial charge in [0.25, 0.3) is 5.91 Å². The van der Waals surface area contributed by atoms with Crippen LogP contribution in [0, 0.1) is 0 Å². The van der Waals surface area contributed by atoms with Crippen molar-refractivity contribution >= 4 is 33.1 Å². The molecule has 1 fully saturated rings. The molecule has 1 aliphatic rings. The minimum atomic E-state index is -0.132. The summed E-state index contributed by atoms with van der Waals surface area (Å²) >= 11 is 1.63. The Morgan fingerprint density at radius 3 is 2.76 bits per heavy atom. The van der Waals surface area contributed by atoms with Gasteiger partial charge >= 0.3 is 0 Å². The van der Waals surface area contributed by atoms with Gasteiger partial charge in [-0.1, -0.05) is 18.2 Å². The smallest absolute Gasteiger partial charge is 0.272 e. The summed E-state index contributed by atoms with van der Waals surface area (Å²) in [4.78, 5) is 12.9. The van der Waals surface area contributed by atoms with Crippen LogP contribution in [0.15, 0.2) is 66.0 Å². The standard InChI is InChI=1S/C26H27N3O3S/c1-29-23-12-14-33-25(23)15-24(29)26(30)28-22-7-3-2-5-18(22)17-31-19-8-10-20(11-9-19)32-21-6-4-13-27-16-21/h2-3,5,7-12,14-15,21,27H,4,6,13,16-17H2,1H3,(H,28,30). The molecular formula is C26H27N3O3S. The van der Waals surface area contributed by atoms with Crippen LogP contribution in [0.4, 0.5) is 5.69 Å². The zero-order valence-electron chi connectivity index (χ0n) is 18.5. The monoisotopic (exact) mass is 461 g/mol. The summed E-state index contributed by atoms with van der Waals surface area (Å²) in [7, 11) is 1.91. The van der Waals surface area contributed by atoms with E-state index < -0.39 is 0 Å². The Balaban J connectivity index is 1.22. The van der Waals surface area contributed by atoms with Crippen molar-refractivity contribution in [2.45, 2.75) is 25.6 Å². The number of nitrogens with zero attached hydrogens (tertiary/aromatic N) is 1. The van der Waals surface area contributed by atoms with Crippen LogP contribution in [-0.2, 0) is 13.7 Å². The fraction of sp³-hybridized carbons (Fsp3) is 0.269. The maximum atomic E-state index is 12.9. The molecule has 0 spiro atoms. The van der Waals surface area contributed by atoms with Gasteiger partial charge in [-0.2, -0.15) is 0 Å². The van der Waals surface area contributed by atoms with E-state index in [-0.39, 0.29) is 12.0 Å². The molecule has 1 amide bonds. The van der Waals surface area contributed by atoms with Crippen LogP contribution in [0.5, 0.6) is 11.5 Å². The summed E-state index contributed by atoms with van der Waals surface area (Å²) in [5.41, 5.74) is 3.36. The average molecular weight is 462 g/mol. The van der Waals surface area contributed by atoms with Crippen LogP contribution < -0.4 is 20.1 Å². The second-order valence-corrected chi connectivity index (χ2v) is 9.16. The van der Waals surface area contributed by atoms with E-state index in [0.29, 0.717) is 12.3 Å². The van der Waals surface area contributed by atoms with Gasteiger partial charge in [0.1, 0.15) is 29.9 Å². The van der Waals surface area contributed by atoms with Gasteiger partial charge in [-0.15, -0.1) is 11.3 Å². The summed E-state index contributed by atoms with van der Waals surface area (Å²) in [6.45, 7) is 2.31. The molecule has 5 rings (SSSR count). The highest BCUT2D eigenvalue weighted by Gasteiger charge is 2.16. The minimum absolute atomic E-state index is 0.132. The maximum Gasteiger partial charge on any atom is 0.272 e. The lowest BCUT2D eigenvalue weighted by molar-refractivity contribution is 0.101. The van der Waals surface area contributed by atoms with Crippen molar-refractivity contribution in [3.63, 3.8) is 0 Å². The number of para-hydroxylation sites is 1. The van der Waals surface area contributed by atoms with E-state index in [1.807, 2.05) is 77.7 Å². The Labute approximate surface area is 197 Å². The first-order chi connectivity index (χ1) is 16.2. The Kier molecular flexibility index (Phi) is 6.32. The summed E-state index contributed by atoms with van der Waals surface area (Å²) in [6, 6.07) is 19.4. The number of aromatic nitrogens is 1. The van der Waals surface area contributed by atoms with Crippen LogP contribution in [0.2, 0.25) is 0 Å². The largest absolute Gasteiger partial charge is 0.489 e. The van der Waals surface area contributed by atoms with Crippen molar-refractivity contribution in [3.05, 3.63) is 77.3 Å². The van der Waals surface area contributed by atoms with Gasteiger partial charge in [0.2, 0.25) is 0 Å². The van der Waals surface area contributed by atoms with Gasteiger partial charge in [0.05, 0.1) is 10.2 Å². The van der Waals surface area contributed by atoms with E-state index in [0.717, 1.165) is 58.9 Å². The predicted molar refractivity (Wildman–Crippen MR) is 132 cm³/mol. The van der Waals surface area contributed by atoms with Crippen LogP contribution in [0.1, 0.15) is 28.9 Å². The van der Waals surface area contributed by atoms with Crippen molar-refractivity contribution in [2.24, 2.45) is 7.05 Å². The fourth-order valence-corrected chi connectivity index (χ4v) is 4.96. The van der Waals surface area contributed by atoms with Gasteiger partial charge < -0.3 is 24.7 Å². The van der Waals surface area contributed by atoms with Crippen LogP contribution in [0.25, 0.3) is 10.2 Å². The number of hydrogen-bond donors (Lipinski definition) is 2. The molecule has 1 saturated heterocycles. The van der Waals surface area contributed by atoms with Gasteiger partial charge in [-0.3, -0.25) is 4.79 Å². The molecule has 2 aromatic carbocycles. The van der Waals surface area contributed by atoms with Crippen molar-refractivity contribution in [1.82, 2.24) is 9.88 Å². The summed E-state index contributed by atoms with van der Waals surface area (Å²) in [5.74, 6) is 1.48. The number of aryl methyl sites for hydroxylation is 1. The summed E-state index contributed by atoms with van der Waals surface area (Å²) in [6.07, 6.45) is 2.44. The minimum Gasteiger partial charge on any atom is -0.489 e. The molecule has 4 aromatic rings. The zero-order valence-corrected chi connectivity index (χ0v) is 19.4. The third kappa shape index (κ3) is 4.89. The Morgan fingerprint density at radius 2 is 1.97 bits per heavy atom. The number of hydrogen-bond acceptors (Lipinski definition) is 5. The number of nitrogens with one attached hydrogen (secondary N) is 2.